The van der Waals surface area contributed by atoms with Gasteiger partial charge in [-0.15, -0.1) is 0 Å². The van der Waals surface area contributed by atoms with Gasteiger partial charge < -0.3 is 4.98 Å². The van der Waals surface area contributed by atoms with Crippen molar-refractivity contribution < 1.29 is 9.59 Å². The highest BCUT2D eigenvalue weighted by atomic mass is 16.2. The number of hydrogen-bond acceptors (Lipinski definition) is 3. The molecule has 0 fully saturated rings. The zero-order chi connectivity index (χ0) is 11.1. The summed E-state index contributed by atoms with van der Waals surface area (Å²) in [5.74, 6) is -0.394. The lowest BCUT2D eigenvalue weighted by molar-refractivity contribution is -0.123. The highest BCUT2D eigenvalue weighted by molar-refractivity contribution is 6.33. The molecular formula is C11H7N3O2. The number of amides is 2. The molecule has 0 aliphatic carbocycles. The Morgan fingerprint density at radius 2 is 1.94 bits per heavy atom. The van der Waals surface area contributed by atoms with Crippen molar-refractivity contribution in [2.24, 2.45) is 0 Å². The zero-order valence-corrected chi connectivity index (χ0v) is 8.15. The largest absolute Gasteiger partial charge is 0.338 e. The van der Waals surface area contributed by atoms with Crippen LogP contribution in [-0.4, -0.2) is 21.8 Å². The molecule has 16 heavy (non-hydrogen) atoms. The minimum Gasteiger partial charge on any atom is -0.338 e. The Kier molecular flexibility index (Phi) is 1.67. The monoisotopic (exact) mass is 213 g/mol. The van der Waals surface area contributed by atoms with Crippen LogP contribution in [0.2, 0.25) is 0 Å². The summed E-state index contributed by atoms with van der Waals surface area (Å²) in [4.78, 5) is 29.6. The molecule has 0 bridgehead atoms. The first-order chi connectivity index (χ1) is 7.74. The smallest absolute Gasteiger partial charge is 0.262 e. The Morgan fingerprint density at radius 3 is 2.62 bits per heavy atom. The van der Waals surface area contributed by atoms with E-state index < -0.39 is 11.8 Å². The Hall–Kier alpha value is -2.43. The molecule has 1 aliphatic rings. The summed E-state index contributed by atoms with van der Waals surface area (Å²) in [5, 5.41) is 2.18. The van der Waals surface area contributed by atoms with Crippen LogP contribution in [0.5, 0.6) is 0 Å². The van der Waals surface area contributed by atoms with E-state index in [-0.39, 0.29) is 5.57 Å². The summed E-state index contributed by atoms with van der Waals surface area (Å²) >= 11 is 0. The molecule has 1 aromatic heterocycles. The van der Waals surface area contributed by atoms with Crippen molar-refractivity contribution in [2.45, 2.75) is 0 Å². The second-order valence-corrected chi connectivity index (χ2v) is 3.48. The lowest BCUT2D eigenvalue weighted by Crippen LogP contribution is -2.21. The third-order valence-electron chi connectivity index (χ3n) is 2.40. The van der Waals surface area contributed by atoms with E-state index in [9.17, 15) is 9.59 Å². The van der Waals surface area contributed by atoms with Gasteiger partial charge in [0.1, 0.15) is 5.82 Å². The number of imide groups is 1. The quantitative estimate of drug-likeness (QED) is 0.681. The van der Waals surface area contributed by atoms with Crippen LogP contribution >= 0.6 is 0 Å². The van der Waals surface area contributed by atoms with Crippen LogP contribution in [0, 0.1) is 0 Å². The van der Waals surface area contributed by atoms with Crippen LogP contribution < -0.4 is 5.32 Å². The molecule has 2 aromatic rings. The van der Waals surface area contributed by atoms with E-state index in [1.165, 1.54) is 6.08 Å². The maximum Gasteiger partial charge on any atom is 0.262 e. The molecule has 0 spiro atoms. The molecule has 78 valence electrons. The fourth-order valence-electron chi connectivity index (χ4n) is 1.67. The van der Waals surface area contributed by atoms with Crippen molar-refractivity contribution in [2.75, 3.05) is 0 Å². The minimum absolute atomic E-state index is 0.279. The molecule has 0 saturated heterocycles. The van der Waals surface area contributed by atoms with Gasteiger partial charge in [0.2, 0.25) is 0 Å². The molecule has 0 radical (unpaired) electrons. The van der Waals surface area contributed by atoms with Gasteiger partial charge in [-0.2, -0.15) is 0 Å². The van der Waals surface area contributed by atoms with E-state index in [1.807, 2.05) is 24.3 Å². The summed E-state index contributed by atoms with van der Waals surface area (Å²) < 4.78 is 0. The molecule has 0 atom stereocenters. The summed E-state index contributed by atoms with van der Waals surface area (Å²) in [5.41, 5.74) is 1.89. The first-order valence-corrected chi connectivity index (χ1v) is 4.76. The van der Waals surface area contributed by atoms with Gasteiger partial charge in [-0.25, -0.2) is 4.98 Å². The van der Waals surface area contributed by atoms with Gasteiger partial charge in [-0.3, -0.25) is 14.9 Å². The predicted molar refractivity (Wildman–Crippen MR) is 57.2 cm³/mol. The van der Waals surface area contributed by atoms with Crippen LogP contribution in [0.3, 0.4) is 0 Å². The summed E-state index contributed by atoms with van der Waals surface area (Å²) in [7, 11) is 0. The fraction of sp³-hybridized carbons (Fsp3) is 0. The van der Waals surface area contributed by atoms with E-state index in [0.29, 0.717) is 5.82 Å². The van der Waals surface area contributed by atoms with Gasteiger partial charge in [-0.05, 0) is 12.1 Å². The van der Waals surface area contributed by atoms with Gasteiger partial charge in [0, 0.05) is 6.08 Å². The topological polar surface area (TPSA) is 74.8 Å². The molecule has 2 amide bonds. The standard InChI is InChI=1S/C11H7N3O2/c15-9-5-6(11(16)14-9)10-12-7-3-1-2-4-8(7)13-10/h1-5H,(H,12,13)(H,14,15,16). The van der Waals surface area contributed by atoms with Crippen molar-refractivity contribution in [3.63, 3.8) is 0 Å². The number of rotatable bonds is 1. The Balaban J connectivity index is 2.16. The molecule has 0 saturated carbocycles. The molecule has 0 unspecified atom stereocenters. The molecule has 2 N–H and O–H groups in total. The summed E-state index contributed by atoms with van der Waals surface area (Å²) in [6, 6.07) is 7.44. The first-order valence-electron chi connectivity index (χ1n) is 4.76. The maximum absolute atomic E-state index is 11.4. The number of hydrogen-bond donors (Lipinski definition) is 2. The van der Waals surface area contributed by atoms with Crippen LogP contribution in [0.25, 0.3) is 16.6 Å². The van der Waals surface area contributed by atoms with Gasteiger partial charge in [0.05, 0.1) is 16.6 Å². The number of para-hydroxylation sites is 2. The minimum atomic E-state index is -0.413. The van der Waals surface area contributed by atoms with Crippen LogP contribution in [0.1, 0.15) is 5.82 Å². The average Bonchev–Trinajstić information content (AvgIpc) is 2.81. The van der Waals surface area contributed by atoms with E-state index in [2.05, 4.69) is 15.3 Å². The van der Waals surface area contributed by atoms with Gasteiger partial charge in [0.15, 0.2) is 0 Å². The van der Waals surface area contributed by atoms with Crippen molar-refractivity contribution >= 4 is 28.4 Å². The van der Waals surface area contributed by atoms with Gasteiger partial charge in [-0.1, -0.05) is 12.1 Å². The van der Waals surface area contributed by atoms with E-state index in [1.54, 1.807) is 0 Å². The summed E-state index contributed by atoms with van der Waals surface area (Å²) in [6.45, 7) is 0. The van der Waals surface area contributed by atoms with Crippen molar-refractivity contribution in [1.29, 1.82) is 0 Å². The van der Waals surface area contributed by atoms with Crippen LogP contribution in [0.4, 0.5) is 0 Å². The number of aromatic amines is 1. The normalized spacial score (nSPS) is 15.4. The zero-order valence-electron chi connectivity index (χ0n) is 8.15. The SMILES string of the molecule is O=C1C=C(c2nc3ccccc3[nH]2)C(=O)N1. The third-order valence-corrected chi connectivity index (χ3v) is 2.40. The van der Waals surface area contributed by atoms with Gasteiger partial charge in [0.25, 0.3) is 11.8 Å². The number of H-pyrrole nitrogens is 1. The van der Waals surface area contributed by atoms with Crippen LogP contribution in [0.15, 0.2) is 30.3 Å². The van der Waals surface area contributed by atoms with E-state index in [0.717, 1.165) is 11.0 Å². The number of benzene rings is 1. The first kappa shape index (κ1) is 8.84. The molecule has 3 rings (SSSR count). The maximum atomic E-state index is 11.4. The number of fused-ring (bicyclic) bond motifs is 1. The van der Waals surface area contributed by atoms with E-state index in [4.69, 9.17) is 0 Å². The molecule has 1 aliphatic heterocycles. The fourth-order valence-corrected chi connectivity index (χ4v) is 1.67. The average molecular weight is 213 g/mol. The number of carbonyl (C=O) groups is 2. The highest BCUT2D eigenvalue weighted by Crippen LogP contribution is 2.18. The lowest BCUT2D eigenvalue weighted by atomic mass is 10.2. The van der Waals surface area contributed by atoms with Crippen molar-refractivity contribution in [1.82, 2.24) is 15.3 Å². The lowest BCUT2D eigenvalue weighted by Gasteiger charge is -1.92. The third kappa shape index (κ3) is 1.22. The number of imidazole rings is 1. The van der Waals surface area contributed by atoms with Gasteiger partial charge >= 0.3 is 0 Å². The molecular weight excluding hydrogens is 206 g/mol. The Labute approximate surface area is 90.2 Å². The Bertz CT molecular complexity index is 606. The predicted octanol–water partition coefficient (Wildman–Crippen LogP) is 0.603. The second kappa shape index (κ2) is 3.03. The number of carbonyl (C=O) groups excluding carboxylic acids is 2. The molecule has 5 nitrogen and oxygen atoms in total. The molecule has 2 heterocycles. The molecule has 1 aromatic carbocycles. The highest BCUT2D eigenvalue weighted by Gasteiger charge is 2.24. The van der Waals surface area contributed by atoms with E-state index >= 15 is 0 Å². The van der Waals surface area contributed by atoms with Crippen molar-refractivity contribution in [3.8, 4) is 0 Å². The summed E-state index contributed by atoms with van der Waals surface area (Å²) in [6.07, 6.45) is 1.25. The Morgan fingerprint density at radius 1 is 1.12 bits per heavy atom. The number of nitrogens with one attached hydrogen (secondary N) is 2. The van der Waals surface area contributed by atoms with Crippen molar-refractivity contribution in [3.05, 3.63) is 36.2 Å². The number of nitrogens with zero attached hydrogens (tertiary/aromatic N) is 1. The second-order valence-electron chi connectivity index (χ2n) is 3.48. The van der Waals surface area contributed by atoms with Crippen LogP contribution in [-0.2, 0) is 9.59 Å². The number of aromatic nitrogens is 2. The molecule has 5 heteroatoms.